The third-order valence-electron chi connectivity index (χ3n) is 4.76. The van der Waals surface area contributed by atoms with E-state index in [4.69, 9.17) is 10.00 Å². The Morgan fingerprint density at radius 1 is 1.03 bits per heavy atom. The Kier molecular flexibility index (Phi) is 5.11. The van der Waals surface area contributed by atoms with Gasteiger partial charge in [0, 0.05) is 18.5 Å². The second-order valence-corrected chi connectivity index (χ2v) is 9.21. The molecule has 0 aliphatic carbocycles. The average molecular weight is 409 g/mol. The highest BCUT2D eigenvalue weighted by Gasteiger charge is 2.26. The lowest BCUT2D eigenvalue weighted by atomic mass is 10.2. The zero-order valence-corrected chi connectivity index (χ0v) is 16.3. The quantitative estimate of drug-likeness (QED) is 0.674. The van der Waals surface area contributed by atoms with E-state index in [1.165, 1.54) is 0 Å². The smallest absolute Gasteiger partial charge is 0.272 e. The summed E-state index contributed by atoms with van der Waals surface area (Å²) in [4.78, 5) is 18.7. The summed E-state index contributed by atoms with van der Waals surface area (Å²) in [6.45, 7) is 0.635. The summed E-state index contributed by atoms with van der Waals surface area (Å²) in [6, 6.07) is 17.8. The predicted octanol–water partition coefficient (Wildman–Crippen LogP) is 4.11. The van der Waals surface area contributed by atoms with Crippen LogP contribution < -0.4 is 4.74 Å². The first-order valence-electron chi connectivity index (χ1n) is 9.05. The van der Waals surface area contributed by atoms with Crippen molar-refractivity contribution < 1.29 is 18.6 Å². The van der Waals surface area contributed by atoms with Crippen LogP contribution in [0.15, 0.2) is 54.6 Å². The molecule has 0 unspecified atom stereocenters. The molecule has 29 heavy (non-hydrogen) atoms. The minimum Gasteiger partial charge on any atom is -0.457 e. The highest BCUT2D eigenvalue weighted by atomic mass is 32.3. The Labute approximate surface area is 169 Å². The average Bonchev–Trinajstić information content (AvgIpc) is 2.73. The molecule has 4 rings (SSSR count). The first-order chi connectivity index (χ1) is 13.9. The van der Waals surface area contributed by atoms with Gasteiger partial charge in [0.05, 0.1) is 28.7 Å². The molecule has 1 aliphatic heterocycles. The lowest BCUT2D eigenvalue weighted by Gasteiger charge is -2.40. The maximum atomic E-state index is 12.7. The zero-order valence-electron chi connectivity index (χ0n) is 15.5. The number of ether oxygens (including phenoxy) is 1. The Morgan fingerprint density at radius 3 is 2.41 bits per heavy atom. The monoisotopic (exact) mass is 409 g/mol. The Morgan fingerprint density at radius 2 is 1.72 bits per heavy atom. The van der Waals surface area contributed by atoms with Crippen LogP contribution in [0.3, 0.4) is 0 Å². The highest BCUT2D eigenvalue weighted by molar-refractivity contribution is 8.24. The van der Waals surface area contributed by atoms with Gasteiger partial charge in [0.2, 0.25) is 0 Å². The van der Waals surface area contributed by atoms with Crippen molar-refractivity contribution in [2.75, 3.05) is 24.6 Å². The second kappa shape index (κ2) is 7.72. The molecule has 1 aliphatic rings. The topological polar surface area (TPSA) is 107 Å². The Hall–Kier alpha value is -3.12. The molecule has 7 nitrogen and oxygen atoms in total. The molecule has 3 aromatic rings. The number of hydrogen-bond donors (Lipinski definition) is 2. The number of nitrogens with zero attached hydrogens (tertiary/aromatic N) is 3. The predicted molar refractivity (Wildman–Crippen MR) is 111 cm³/mol. The number of carbonyl (C=O) groups excluding carboxylic acids is 1. The molecule has 2 heterocycles. The van der Waals surface area contributed by atoms with Gasteiger partial charge in [0.15, 0.2) is 0 Å². The van der Waals surface area contributed by atoms with E-state index >= 15 is 0 Å². The Bertz CT molecular complexity index is 1100. The van der Waals surface area contributed by atoms with E-state index in [2.05, 4.69) is 11.1 Å². The van der Waals surface area contributed by atoms with E-state index in [9.17, 15) is 13.9 Å². The maximum Gasteiger partial charge on any atom is 0.272 e. The highest BCUT2D eigenvalue weighted by Crippen LogP contribution is 2.40. The number of nitriles is 1. The van der Waals surface area contributed by atoms with E-state index in [1.54, 1.807) is 47.4 Å². The van der Waals surface area contributed by atoms with Crippen LogP contribution in [-0.2, 0) is 0 Å². The minimum atomic E-state index is -2.54. The summed E-state index contributed by atoms with van der Waals surface area (Å²) < 4.78 is 25.2. The molecule has 2 N–H and O–H groups in total. The van der Waals surface area contributed by atoms with Gasteiger partial charge in [-0.2, -0.15) is 15.9 Å². The standard InChI is InChI=1S/C21H19N3O4S/c22-14-15-1-4-17(5-2-15)28-18-6-8-19-16(13-18)3-7-20(23-19)21(25)24-9-11-29(26,27)12-10-24/h1-8,13,26-27H,9-12H2. The van der Waals surface area contributed by atoms with Crippen LogP contribution in [0.4, 0.5) is 0 Å². The van der Waals surface area contributed by atoms with Crippen LogP contribution in [0.2, 0.25) is 0 Å². The van der Waals surface area contributed by atoms with Gasteiger partial charge in [-0.15, -0.1) is 0 Å². The molecule has 2 aromatic carbocycles. The molecule has 0 radical (unpaired) electrons. The summed E-state index contributed by atoms with van der Waals surface area (Å²) in [5.41, 5.74) is 1.57. The maximum absolute atomic E-state index is 12.7. The third kappa shape index (κ3) is 4.32. The van der Waals surface area contributed by atoms with Gasteiger partial charge in [-0.1, -0.05) is 6.07 Å². The lowest BCUT2D eigenvalue weighted by Crippen LogP contribution is -2.42. The normalized spacial score (nSPS) is 16.8. The number of hydrogen-bond acceptors (Lipinski definition) is 6. The summed E-state index contributed by atoms with van der Waals surface area (Å²) in [6.07, 6.45) is 0. The molecular weight excluding hydrogens is 390 g/mol. The zero-order chi connectivity index (χ0) is 20.4. The van der Waals surface area contributed by atoms with E-state index in [0.717, 1.165) is 5.39 Å². The number of aromatic nitrogens is 1. The molecule has 0 atom stereocenters. The first-order valence-corrected chi connectivity index (χ1v) is 10.9. The second-order valence-electron chi connectivity index (χ2n) is 6.79. The largest absolute Gasteiger partial charge is 0.457 e. The minimum absolute atomic E-state index is 0.209. The van der Waals surface area contributed by atoms with Gasteiger partial charge in [-0.25, -0.2) is 4.98 Å². The SMILES string of the molecule is N#Cc1ccc(Oc2ccc3nc(C(=O)N4CCS(O)(O)CC4)ccc3c2)cc1. The van der Waals surface area contributed by atoms with Crippen LogP contribution in [-0.4, -0.2) is 49.5 Å². The van der Waals surface area contributed by atoms with Crippen molar-refractivity contribution in [3.63, 3.8) is 0 Å². The molecular formula is C21H19N3O4S. The van der Waals surface area contributed by atoms with Crippen molar-refractivity contribution in [1.29, 1.82) is 5.26 Å². The number of rotatable bonds is 3. The fraction of sp³-hybridized carbons (Fsp3) is 0.190. The summed E-state index contributed by atoms with van der Waals surface area (Å²) in [7, 11) is -2.54. The van der Waals surface area contributed by atoms with Crippen LogP contribution in [0, 0.1) is 11.3 Å². The van der Waals surface area contributed by atoms with Crippen molar-refractivity contribution >= 4 is 27.4 Å². The molecule has 1 amide bonds. The van der Waals surface area contributed by atoms with E-state index < -0.39 is 10.6 Å². The van der Waals surface area contributed by atoms with Crippen molar-refractivity contribution in [1.82, 2.24) is 9.88 Å². The van der Waals surface area contributed by atoms with Gasteiger partial charge in [-0.3, -0.25) is 13.9 Å². The molecule has 0 saturated carbocycles. The van der Waals surface area contributed by atoms with Gasteiger partial charge >= 0.3 is 0 Å². The summed E-state index contributed by atoms with van der Waals surface area (Å²) >= 11 is 0. The van der Waals surface area contributed by atoms with Gasteiger partial charge in [0.1, 0.15) is 17.2 Å². The molecule has 0 bridgehead atoms. The van der Waals surface area contributed by atoms with Crippen molar-refractivity contribution in [2.24, 2.45) is 0 Å². The van der Waals surface area contributed by atoms with Crippen LogP contribution >= 0.6 is 10.6 Å². The van der Waals surface area contributed by atoms with Gasteiger partial charge < -0.3 is 9.64 Å². The molecule has 1 aromatic heterocycles. The van der Waals surface area contributed by atoms with E-state index in [0.29, 0.717) is 41.4 Å². The van der Waals surface area contributed by atoms with E-state index in [1.807, 2.05) is 12.1 Å². The first kappa shape index (κ1) is 19.2. The number of pyridine rings is 1. The number of carbonyl (C=O) groups is 1. The fourth-order valence-corrected chi connectivity index (χ4v) is 4.34. The number of fused-ring (bicyclic) bond motifs is 1. The molecule has 8 heteroatoms. The van der Waals surface area contributed by atoms with Gasteiger partial charge in [0.25, 0.3) is 5.91 Å². The van der Waals surface area contributed by atoms with Gasteiger partial charge in [-0.05, 0) is 48.5 Å². The number of amides is 1. The Balaban J connectivity index is 1.51. The van der Waals surface area contributed by atoms with Crippen molar-refractivity contribution in [2.45, 2.75) is 0 Å². The fourth-order valence-electron chi connectivity index (χ4n) is 3.11. The molecule has 1 fully saturated rings. The summed E-state index contributed by atoms with van der Waals surface area (Å²) in [5, 5.41) is 9.69. The molecule has 0 spiro atoms. The molecule has 148 valence electrons. The lowest BCUT2D eigenvalue weighted by molar-refractivity contribution is 0.0762. The molecule has 1 saturated heterocycles. The van der Waals surface area contributed by atoms with Crippen molar-refractivity contribution in [3.8, 4) is 17.6 Å². The van der Waals surface area contributed by atoms with Crippen molar-refractivity contribution in [3.05, 3.63) is 65.9 Å². The van der Waals surface area contributed by atoms with Crippen LogP contribution in [0.25, 0.3) is 10.9 Å². The number of benzene rings is 2. The van der Waals surface area contributed by atoms with Crippen LogP contribution in [0.5, 0.6) is 11.5 Å². The van der Waals surface area contributed by atoms with E-state index in [-0.39, 0.29) is 17.4 Å². The van der Waals surface area contributed by atoms with Crippen LogP contribution in [0.1, 0.15) is 16.1 Å². The summed E-state index contributed by atoms with van der Waals surface area (Å²) in [5.74, 6) is 1.47. The third-order valence-corrected chi connectivity index (χ3v) is 6.44.